The number of rotatable bonds is 4. The molecule has 1 heterocycles. The van der Waals surface area contributed by atoms with Gasteiger partial charge in [0.2, 0.25) is 0 Å². The van der Waals surface area contributed by atoms with Crippen LogP contribution in [-0.4, -0.2) is 9.97 Å². The minimum atomic E-state index is 0.746. The van der Waals surface area contributed by atoms with Gasteiger partial charge in [0.05, 0.1) is 6.20 Å². The molecule has 1 aromatic rings. The van der Waals surface area contributed by atoms with Gasteiger partial charge in [-0.2, -0.15) is 0 Å². The Kier molecular flexibility index (Phi) is 3.70. The number of anilines is 1. The molecule has 0 bridgehead atoms. The van der Waals surface area contributed by atoms with Crippen molar-refractivity contribution in [1.82, 2.24) is 9.97 Å². The van der Waals surface area contributed by atoms with Gasteiger partial charge in [-0.25, -0.2) is 4.98 Å². The van der Waals surface area contributed by atoms with Crippen molar-refractivity contribution >= 4 is 5.82 Å². The topological polar surface area (TPSA) is 37.8 Å². The molecule has 3 heteroatoms. The minimum Gasteiger partial charge on any atom is -0.345 e. The first-order chi connectivity index (χ1) is 6.36. The van der Waals surface area contributed by atoms with Crippen LogP contribution in [0.25, 0.3) is 0 Å². The monoisotopic (exact) mass is 175 g/mol. The molecule has 0 saturated heterocycles. The summed E-state index contributed by atoms with van der Waals surface area (Å²) < 4.78 is 0. The molecule has 0 aromatic carbocycles. The highest BCUT2D eigenvalue weighted by Crippen LogP contribution is 2.03. The Morgan fingerprint density at radius 3 is 3.00 bits per heavy atom. The van der Waals surface area contributed by atoms with E-state index in [1.807, 2.05) is 12.3 Å². The van der Waals surface area contributed by atoms with Gasteiger partial charge in [0, 0.05) is 18.6 Å². The van der Waals surface area contributed by atoms with Gasteiger partial charge in [0.15, 0.2) is 0 Å². The highest BCUT2D eigenvalue weighted by atomic mass is 15.0. The minimum absolute atomic E-state index is 0.746. The molecule has 0 atom stereocenters. The summed E-state index contributed by atoms with van der Waals surface area (Å²) in [6, 6.07) is 0. The van der Waals surface area contributed by atoms with E-state index < -0.39 is 0 Å². The van der Waals surface area contributed by atoms with Gasteiger partial charge in [-0.15, -0.1) is 0 Å². The zero-order valence-electron chi connectivity index (χ0n) is 7.70. The molecule has 0 aliphatic rings. The largest absolute Gasteiger partial charge is 0.345 e. The van der Waals surface area contributed by atoms with Gasteiger partial charge in [0.25, 0.3) is 0 Å². The van der Waals surface area contributed by atoms with Crippen molar-refractivity contribution < 1.29 is 0 Å². The fraction of sp³-hybridized carbons (Fsp3) is 0.200. The van der Waals surface area contributed by atoms with E-state index in [0.29, 0.717) is 0 Å². The van der Waals surface area contributed by atoms with E-state index in [1.165, 1.54) is 0 Å². The molecule has 13 heavy (non-hydrogen) atoms. The summed E-state index contributed by atoms with van der Waals surface area (Å²) in [4.78, 5) is 8.00. The molecule has 3 nitrogen and oxygen atoms in total. The summed E-state index contributed by atoms with van der Waals surface area (Å²) in [5.41, 5.74) is 1.14. The quantitative estimate of drug-likeness (QED) is 0.714. The van der Waals surface area contributed by atoms with E-state index >= 15 is 0 Å². The van der Waals surface area contributed by atoms with Gasteiger partial charge in [-0.3, -0.25) is 4.98 Å². The van der Waals surface area contributed by atoms with Crippen LogP contribution < -0.4 is 5.32 Å². The Hall–Kier alpha value is -1.64. The Balaban J connectivity index is 2.60. The summed E-state index contributed by atoms with van der Waals surface area (Å²) in [6.07, 6.45) is 9.63. The molecular weight excluding hydrogens is 162 g/mol. The van der Waals surface area contributed by atoms with Crippen molar-refractivity contribution in [2.24, 2.45) is 0 Å². The molecule has 0 aliphatic heterocycles. The number of nitrogens with one attached hydrogen (secondary N) is 1. The van der Waals surface area contributed by atoms with Crippen LogP contribution in [0, 0.1) is 0 Å². The second-order valence-electron chi connectivity index (χ2n) is 2.51. The van der Waals surface area contributed by atoms with Gasteiger partial charge in [-0.1, -0.05) is 19.6 Å². The van der Waals surface area contributed by atoms with Gasteiger partial charge in [-0.05, 0) is 12.0 Å². The first-order valence-electron chi connectivity index (χ1n) is 4.21. The van der Waals surface area contributed by atoms with Crippen LogP contribution >= 0.6 is 0 Å². The molecule has 0 spiro atoms. The van der Waals surface area contributed by atoms with Crippen LogP contribution in [0.3, 0.4) is 0 Å². The first kappa shape index (κ1) is 9.45. The molecular formula is C10H13N3. The number of allylic oxidation sites excluding steroid dienone is 2. The first-order valence-corrected chi connectivity index (χ1v) is 4.21. The summed E-state index contributed by atoms with van der Waals surface area (Å²) >= 11 is 0. The van der Waals surface area contributed by atoms with Crippen molar-refractivity contribution in [1.29, 1.82) is 0 Å². The zero-order valence-corrected chi connectivity index (χ0v) is 7.70. The normalized spacial score (nSPS) is 11.0. The third-order valence-electron chi connectivity index (χ3n) is 1.64. The molecule has 0 amide bonds. The Morgan fingerprint density at radius 2 is 2.46 bits per heavy atom. The van der Waals surface area contributed by atoms with Crippen molar-refractivity contribution in [3.63, 3.8) is 0 Å². The Labute approximate surface area is 78.2 Å². The van der Waals surface area contributed by atoms with Crippen molar-refractivity contribution in [2.75, 3.05) is 5.32 Å². The molecule has 0 saturated carbocycles. The summed E-state index contributed by atoms with van der Waals surface area (Å²) in [5, 5.41) is 3.04. The number of hydrogen-bond donors (Lipinski definition) is 1. The van der Waals surface area contributed by atoms with Crippen molar-refractivity contribution in [3.05, 3.63) is 43.0 Å². The van der Waals surface area contributed by atoms with Crippen LogP contribution in [0.2, 0.25) is 0 Å². The van der Waals surface area contributed by atoms with Crippen molar-refractivity contribution in [2.45, 2.75) is 13.3 Å². The third-order valence-corrected chi connectivity index (χ3v) is 1.64. The van der Waals surface area contributed by atoms with E-state index in [2.05, 4.69) is 28.8 Å². The number of hydrogen-bond acceptors (Lipinski definition) is 3. The predicted octanol–water partition coefficient (Wildman–Crippen LogP) is 2.37. The van der Waals surface area contributed by atoms with Crippen LogP contribution in [0.1, 0.15) is 13.3 Å². The van der Waals surface area contributed by atoms with E-state index in [9.17, 15) is 0 Å². The Morgan fingerprint density at radius 1 is 1.62 bits per heavy atom. The van der Waals surface area contributed by atoms with Crippen LogP contribution in [0.5, 0.6) is 0 Å². The van der Waals surface area contributed by atoms with E-state index in [1.54, 1.807) is 18.6 Å². The molecule has 0 radical (unpaired) electrons. The van der Waals surface area contributed by atoms with Crippen LogP contribution in [0.4, 0.5) is 5.82 Å². The zero-order chi connectivity index (χ0) is 9.52. The smallest absolute Gasteiger partial charge is 0.148 e. The lowest BCUT2D eigenvalue weighted by Gasteiger charge is -2.00. The summed E-state index contributed by atoms with van der Waals surface area (Å²) in [6.45, 7) is 5.78. The summed E-state index contributed by atoms with van der Waals surface area (Å²) in [7, 11) is 0. The molecule has 1 rings (SSSR count). The van der Waals surface area contributed by atoms with Gasteiger partial charge >= 0.3 is 0 Å². The van der Waals surface area contributed by atoms with Gasteiger partial charge in [0.1, 0.15) is 5.82 Å². The fourth-order valence-electron chi connectivity index (χ4n) is 0.846. The average molecular weight is 175 g/mol. The van der Waals surface area contributed by atoms with E-state index in [4.69, 9.17) is 0 Å². The van der Waals surface area contributed by atoms with Crippen LogP contribution in [-0.2, 0) is 0 Å². The number of aromatic nitrogens is 2. The standard InChI is InChI=1S/C10H13N3/c1-3-9(4-2)7-13-10-8-11-5-6-12-10/h3,5-8H,1,4H2,2H3,(H,12,13)/b9-7+. The molecule has 68 valence electrons. The second kappa shape index (κ2) is 5.09. The maximum Gasteiger partial charge on any atom is 0.148 e. The summed E-state index contributed by atoms with van der Waals surface area (Å²) in [5.74, 6) is 0.746. The number of nitrogens with zero attached hydrogens (tertiary/aromatic N) is 2. The van der Waals surface area contributed by atoms with Crippen molar-refractivity contribution in [3.8, 4) is 0 Å². The lowest BCUT2D eigenvalue weighted by Crippen LogP contribution is -1.93. The lowest BCUT2D eigenvalue weighted by molar-refractivity contribution is 1.13. The predicted molar refractivity (Wildman–Crippen MR) is 54.2 cm³/mol. The molecule has 1 N–H and O–H groups in total. The molecule has 1 aromatic heterocycles. The van der Waals surface area contributed by atoms with Crippen LogP contribution in [0.15, 0.2) is 43.0 Å². The van der Waals surface area contributed by atoms with E-state index in [-0.39, 0.29) is 0 Å². The lowest BCUT2D eigenvalue weighted by atomic mass is 10.2. The fourth-order valence-corrected chi connectivity index (χ4v) is 0.846. The van der Waals surface area contributed by atoms with Gasteiger partial charge < -0.3 is 5.32 Å². The Bertz CT molecular complexity index is 290. The molecule has 0 aliphatic carbocycles. The second-order valence-corrected chi connectivity index (χ2v) is 2.51. The molecule has 0 fully saturated rings. The average Bonchev–Trinajstić information content (AvgIpc) is 2.21. The third kappa shape index (κ3) is 3.07. The highest BCUT2D eigenvalue weighted by Gasteiger charge is 1.89. The maximum absolute atomic E-state index is 4.07. The SMILES string of the molecule is C=C/C(=C\Nc1cnccn1)CC. The maximum atomic E-state index is 4.07. The molecule has 0 unspecified atom stereocenters. The van der Waals surface area contributed by atoms with E-state index in [0.717, 1.165) is 17.8 Å². The highest BCUT2D eigenvalue weighted by molar-refractivity contribution is 5.36.